The first-order chi connectivity index (χ1) is 24.7. The van der Waals surface area contributed by atoms with Gasteiger partial charge < -0.3 is 49.1 Å². The molecule has 1 saturated heterocycles. The minimum atomic E-state index is -1.28. The number of amides is 2. The molecule has 1 spiro atoms. The molecule has 6 atom stereocenters. The Morgan fingerprint density at radius 3 is 2.40 bits per heavy atom. The molecule has 4 aliphatic rings. The average molecular weight is 744 g/mol. The molecule has 1 aromatic rings. The zero-order valence-electron chi connectivity index (χ0n) is 32.1. The molecule has 3 N–H and O–H groups in total. The number of alkyl carbamates (subject to hydrolysis) is 1. The van der Waals surface area contributed by atoms with Crippen LogP contribution in [-0.2, 0) is 50.0 Å². The Hall–Kier alpha value is -4.37. The fourth-order valence-corrected chi connectivity index (χ4v) is 7.83. The lowest BCUT2D eigenvalue weighted by Gasteiger charge is -2.61. The van der Waals surface area contributed by atoms with E-state index in [0.29, 0.717) is 30.9 Å². The number of aliphatic hydroxyl groups is 1. The van der Waals surface area contributed by atoms with E-state index < -0.39 is 70.4 Å². The zero-order chi connectivity index (χ0) is 39.1. The molecule has 15 nitrogen and oxygen atoms in total. The predicted octanol–water partition coefficient (Wildman–Crippen LogP) is 2.97. The normalized spacial score (nSPS) is 25.4. The number of esters is 3. The molecule has 2 aliphatic heterocycles. The van der Waals surface area contributed by atoms with E-state index >= 15 is 0 Å². The van der Waals surface area contributed by atoms with Crippen molar-refractivity contribution in [1.29, 1.82) is 0 Å². The summed E-state index contributed by atoms with van der Waals surface area (Å²) in [6.07, 6.45) is -0.246. The minimum Gasteiger partial charge on any atom is -0.493 e. The van der Waals surface area contributed by atoms with Crippen LogP contribution in [-0.4, -0.2) is 108 Å². The van der Waals surface area contributed by atoms with Gasteiger partial charge >= 0.3 is 24.0 Å². The van der Waals surface area contributed by atoms with Crippen molar-refractivity contribution < 1.29 is 57.5 Å². The summed E-state index contributed by atoms with van der Waals surface area (Å²) in [7, 11) is 3.56. The van der Waals surface area contributed by atoms with Crippen LogP contribution in [0.25, 0.3) is 0 Å². The number of hydrogen-bond donors (Lipinski definition) is 3. The SMILES string of the molecule is COc1ccc2c3c1O[C@H]1C(OC(=O)[C@H](C)OC(=O)CCNC(=O)CC[C@H](NC(=O)OC(C)(C)C)C(=O)OC(C)(C)C)=CC[C@@]4(O)[C@H](C2)N(C)CC[C@]314. The lowest BCUT2D eigenvalue weighted by molar-refractivity contribution is -0.175. The van der Waals surface area contributed by atoms with Crippen molar-refractivity contribution in [3.63, 3.8) is 0 Å². The predicted molar refractivity (Wildman–Crippen MR) is 189 cm³/mol. The molecule has 2 aliphatic carbocycles. The van der Waals surface area contributed by atoms with E-state index in [9.17, 15) is 29.1 Å². The van der Waals surface area contributed by atoms with Gasteiger partial charge in [-0.25, -0.2) is 14.4 Å². The third-order valence-electron chi connectivity index (χ3n) is 10.1. The summed E-state index contributed by atoms with van der Waals surface area (Å²) in [4.78, 5) is 65.8. The molecular weight excluding hydrogens is 690 g/mol. The van der Waals surface area contributed by atoms with Crippen LogP contribution >= 0.6 is 0 Å². The van der Waals surface area contributed by atoms with Gasteiger partial charge in [-0.2, -0.15) is 0 Å². The zero-order valence-corrected chi connectivity index (χ0v) is 32.1. The highest BCUT2D eigenvalue weighted by Gasteiger charge is 2.72. The smallest absolute Gasteiger partial charge is 0.408 e. The van der Waals surface area contributed by atoms with Gasteiger partial charge in [-0.05, 0) is 99.0 Å². The Balaban J connectivity index is 1.14. The number of ether oxygens (including phenoxy) is 6. The molecule has 0 unspecified atom stereocenters. The topological polar surface area (TPSA) is 188 Å². The highest BCUT2D eigenvalue weighted by atomic mass is 16.6. The number of likely N-dealkylation sites (tertiary alicyclic amines) is 1. The second-order valence-corrected chi connectivity index (χ2v) is 16.2. The Bertz CT molecular complexity index is 1660. The average Bonchev–Trinajstić information content (AvgIpc) is 3.40. The van der Waals surface area contributed by atoms with E-state index in [1.165, 1.54) is 6.92 Å². The van der Waals surface area contributed by atoms with Gasteiger partial charge in [-0.15, -0.1) is 0 Å². The third-order valence-corrected chi connectivity index (χ3v) is 10.1. The number of carbonyl (C=O) groups excluding carboxylic acids is 5. The van der Waals surface area contributed by atoms with Crippen LogP contribution < -0.4 is 20.1 Å². The third kappa shape index (κ3) is 8.10. The van der Waals surface area contributed by atoms with Gasteiger partial charge in [0.2, 0.25) is 5.91 Å². The van der Waals surface area contributed by atoms with Gasteiger partial charge in [0.05, 0.1) is 24.5 Å². The molecule has 292 valence electrons. The van der Waals surface area contributed by atoms with Crippen molar-refractivity contribution in [3.05, 3.63) is 35.1 Å². The largest absolute Gasteiger partial charge is 0.493 e. The summed E-state index contributed by atoms with van der Waals surface area (Å²) in [5.41, 5.74) is -1.69. The van der Waals surface area contributed by atoms with Crippen LogP contribution in [0.5, 0.6) is 11.5 Å². The van der Waals surface area contributed by atoms with Crippen molar-refractivity contribution >= 4 is 29.9 Å². The van der Waals surface area contributed by atoms with E-state index in [-0.39, 0.29) is 44.0 Å². The van der Waals surface area contributed by atoms with E-state index in [2.05, 4.69) is 15.5 Å². The molecule has 1 aromatic carbocycles. The number of hydrogen-bond acceptors (Lipinski definition) is 13. The lowest BCUT2D eigenvalue weighted by atomic mass is 9.50. The van der Waals surface area contributed by atoms with Gasteiger partial charge in [-0.1, -0.05) is 6.07 Å². The maximum atomic E-state index is 13.3. The van der Waals surface area contributed by atoms with E-state index in [0.717, 1.165) is 11.1 Å². The first kappa shape index (κ1) is 39.8. The molecule has 15 heteroatoms. The van der Waals surface area contributed by atoms with Crippen molar-refractivity contribution in [3.8, 4) is 11.5 Å². The first-order valence-electron chi connectivity index (χ1n) is 18.1. The molecule has 5 rings (SSSR count). The number of piperidine rings is 1. The molecule has 2 heterocycles. The van der Waals surface area contributed by atoms with Crippen molar-refractivity contribution in [1.82, 2.24) is 15.5 Å². The van der Waals surface area contributed by atoms with Crippen molar-refractivity contribution in [2.24, 2.45) is 0 Å². The number of benzene rings is 1. The summed E-state index contributed by atoms with van der Waals surface area (Å²) in [6, 6.07) is 2.55. The summed E-state index contributed by atoms with van der Waals surface area (Å²) in [5, 5.41) is 17.4. The highest BCUT2D eigenvalue weighted by Crippen LogP contribution is 2.65. The first-order valence-corrected chi connectivity index (χ1v) is 18.1. The van der Waals surface area contributed by atoms with Crippen LogP contribution in [0.2, 0.25) is 0 Å². The van der Waals surface area contributed by atoms with Crippen LogP contribution in [0, 0.1) is 0 Å². The number of carbonyl (C=O) groups is 5. The maximum absolute atomic E-state index is 13.3. The van der Waals surface area contributed by atoms with Crippen LogP contribution in [0.1, 0.15) is 91.7 Å². The fourth-order valence-electron chi connectivity index (χ4n) is 7.83. The molecule has 53 heavy (non-hydrogen) atoms. The monoisotopic (exact) mass is 743 g/mol. The van der Waals surface area contributed by atoms with E-state index in [1.807, 2.05) is 19.2 Å². The van der Waals surface area contributed by atoms with Gasteiger partial charge in [-0.3, -0.25) is 9.59 Å². The number of nitrogens with one attached hydrogen (secondary N) is 2. The molecule has 1 fully saturated rings. The minimum absolute atomic E-state index is 0.0803. The van der Waals surface area contributed by atoms with Crippen LogP contribution in [0.3, 0.4) is 0 Å². The number of likely N-dealkylation sites (N-methyl/N-ethyl adjacent to an activating group) is 1. The van der Waals surface area contributed by atoms with Gasteiger partial charge in [0.25, 0.3) is 0 Å². The summed E-state index contributed by atoms with van der Waals surface area (Å²) in [6.45, 7) is 12.1. The summed E-state index contributed by atoms with van der Waals surface area (Å²) in [5.74, 6) is -1.44. The quantitative estimate of drug-likeness (QED) is 0.210. The Morgan fingerprint density at radius 1 is 1.04 bits per heavy atom. The molecule has 2 bridgehead atoms. The number of methoxy groups -OCH3 is 1. The number of rotatable bonds is 12. The van der Waals surface area contributed by atoms with E-state index in [1.54, 1.807) is 54.7 Å². The molecule has 0 saturated carbocycles. The standard InChI is InChI=1S/C38H53N3O12/c1-21(49-28(43)15-18-39-27(42)13-11-23(33(45)52-35(2,3)4)40-34(46)53-36(5,6)7)32(44)50-25-14-16-38(47)26-20-22-10-12-24(48-9)30-29(22)37(38,31(25)51-30)17-19-41(26)8/h10,12,14,21,23,26,31,47H,11,13,15-20H2,1-9H3,(H,39,42)(H,40,46)/t21-,23-,26-,31-,37-,38+/m0/s1. The van der Waals surface area contributed by atoms with Gasteiger partial charge in [0.1, 0.15) is 23.0 Å². The summed E-state index contributed by atoms with van der Waals surface area (Å²) < 4.78 is 34.0. The lowest BCUT2D eigenvalue weighted by Crippen LogP contribution is -2.74. The molecule has 0 radical (unpaired) electrons. The van der Waals surface area contributed by atoms with Crippen LogP contribution in [0.15, 0.2) is 24.0 Å². The van der Waals surface area contributed by atoms with E-state index in [4.69, 9.17) is 28.4 Å². The van der Waals surface area contributed by atoms with Crippen molar-refractivity contribution in [2.75, 3.05) is 27.2 Å². The summed E-state index contributed by atoms with van der Waals surface area (Å²) >= 11 is 0. The second-order valence-electron chi connectivity index (χ2n) is 16.2. The number of nitrogens with zero attached hydrogens (tertiary/aromatic N) is 1. The fraction of sp³-hybridized carbons (Fsp3) is 0.658. The van der Waals surface area contributed by atoms with Crippen LogP contribution in [0.4, 0.5) is 4.79 Å². The highest BCUT2D eigenvalue weighted by molar-refractivity contribution is 5.84. The molecule has 0 aromatic heterocycles. The Labute approximate surface area is 310 Å². The Kier molecular flexibility index (Phi) is 11.1. The maximum Gasteiger partial charge on any atom is 0.408 e. The van der Waals surface area contributed by atoms with Crippen molar-refractivity contribution in [2.45, 2.75) is 134 Å². The second kappa shape index (κ2) is 14.8. The van der Waals surface area contributed by atoms with Gasteiger partial charge in [0.15, 0.2) is 23.7 Å². The Morgan fingerprint density at radius 2 is 1.74 bits per heavy atom. The molecular formula is C38H53N3O12. The van der Waals surface area contributed by atoms with Gasteiger partial charge in [0, 0.05) is 31.0 Å². The molecule has 2 amide bonds.